The third kappa shape index (κ3) is 2.13. The first-order valence-corrected chi connectivity index (χ1v) is 10.6. The molecule has 4 nitrogen and oxygen atoms in total. The Balaban J connectivity index is 2.01. The first kappa shape index (κ1) is 18.1. The lowest BCUT2D eigenvalue weighted by Gasteiger charge is -2.16. The molecule has 0 N–H and O–H groups in total. The standard InChI is InChI=1S/C27H23N4/c1-15-12-17-8-7-9-20-23(17)22(16(15)2)25-26-24(29-14-30(25)6)19-11-10-18(27(3,4)28-5)13-21(19)31(20)26/h7-14H,1-4,6H3/q+1. The van der Waals surface area contributed by atoms with Gasteiger partial charge in [0.15, 0.2) is 5.52 Å². The highest BCUT2D eigenvalue weighted by Crippen LogP contribution is 2.41. The van der Waals surface area contributed by atoms with E-state index in [0.717, 1.165) is 27.5 Å². The number of benzene rings is 3. The van der Waals surface area contributed by atoms with Gasteiger partial charge in [0.05, 0.1) is 23.5 Å². The fraction of sp³-hybridized carbons (Fsp3) is 0.222. The molecule has 0 amide bonds. The van der Waals surface area contributed by atoms with Crippen LogP contribution in [0.25, 0.3) is 54.0 Å². The molecule has 0 aliphatic heterocycles. The van der Waals surface area contributed by atoms with E-state index in [0.29, 0.717) is 0 Å². The highest BCUT2D eigenvalue weighted by atomic mass is 15.0. The highest BCUT2D eigenvalue weighted by molar-refractivity contribution is 6.25. The minimum Gasteiger partial charge on any atom is -0.306 e. The van der Waals surface area contributed by atoms with Crippen LogP contribution in [0.1, 0.15) is 30.5 Å². The zero-order valence-electron chi connectivity index (χ0n) is 18.4. The summed E-state index contributed by atoms with van der Waals surface area (Å²) >= 11 is 0. The Kier molecular flexibility index (Phi) is 3.33. The van der Waals surface area contributed by atoms with Gasteiger partial charge in [-0.25, -0.2) is 11.1 Å². The van der Waals surface area contributed by atoms with Crippen molar-refractivity contribution in [3.8, 4) is 0 Å². The van der Waals surface area contributed by atoms with Crippen molar-refractivity contribution in [1.29, 1.82) is 0 Å². The zero-order chi connectivity index (χ0) is 21.7. The molecule has 3 aromatic heterocycles. The summed E-state index contributed by atoms with van der Waals surface area (Å²) in [4.78, 5) is 8.72. The maximum absolute atomic E-state index is 7.67. The Hall–Kier alpha value is -3.71. The summed E-state index contributed by atoms with van der Waals surface area (Å²) in [5.74, 6) is 0. The van der Waals surface area contributed by atoms with Crippen LogP contribution in [-0.4, -0.2) is 9.38 Å². The Morgan fingerprint density at radius 1 is 1.03 bits per heavy atom. The van der Waals surface area contributed by atoms with Crippen molar-refractivity contribution < 1.29 is 4.57 Å². The van der Waals surface area contributed by atoms with Crippen LogP contribution in [-0.2, 0) is 12.6 Å². The summed E-state index contributed by atoms with van der Waals surface area (Å²) in [6.07, 6.45) is 1.93. The van der Waals surface area contributed by atoms with Gasteiger partial charge in [-0.3, -0.25) is 0 Å². The number of rotatable bonds is 1. The molecule has 6 aromatic rings. The molecule has 0 radical (unpaired) electrons. The Labute approximate surface area is 180 Å². The molecule has 3 heterocycles. The van der Waals surface area contributed by atoms with Gasteiger partial charge in [0.25, 0.3) is 11.9 Å². The molecule has 0 saturated heterocycles. The van der Waals surface area contributed by atoms with Gasteiger partial charge < -0.3 is 9.25 Å². The molecule has 0 atom stereocenters. The molecular weight excluding hydrogens is 380 g/mol. The quantitative estimate of drug-likeness (QED) is 0.143. The number of nitrogens with zero attached hydrogens (tertiary/aromatic N) is 4. The number of hydrogen-bond donors (Lipinski definition) is 0. The molecule has 0 bridgehead atoms. The fourth-order valence-corrected chi connectivity index (χ4v) is 5.14. The van der Waals surface area contributed by atoms with Gasteiger partial charge in [0.2, 0.25) is 5.52 Å². The van der Waals surface area contributed by atoms with E-state index in [1.807, 2.05) is 20.2 Å². The second-order valence-corrected chi connectivity index (χ2v) is 9.21. The molecular formula is C27H23N4+. The lowest BCUT2D eigenvalue weighted by molar-refractivity contribution is -0.647. The molecule has 6 rings (SSSR count). The molecule has 0 saturated carbocycles. The Bertz CT molecular complexity index is 1750. The predicted molar refractivity (Wildman–Crippen MR) is 127 cm³/mol. The summed E-state index contributed by atoms with van der Waals surface area (Å²) in [6.45, 7) is 16.0. The van der Waals surface area contributed by atoms with E-state index in [4.69, 9.17) is 11.6 Å². The van der Waals surface area contributed by atoms with E-state index in [1.165, 1.54) is 38.3 Å². The molecule has 0 fully saturated rings. The minimum atomic E-state index is -0.571. The molecule has 31 heavy (non-hydrogen) atoms. The highest BCUT2D eigenvalue weighted by Gasteiger charge is 2.29. The van der Waals surface area contributed by atoms with E-state index in [1.54, 1.807) is 0 Å². The zero-order valence-corrected chi connectivity index (χ0v) is 18.4. The van der Waals surface area contributed by atoms with Crippen molar-refractivity contribution in [2.45, 2.75) is 33.2 Å². The summed E-state index contributed by atoms with van der Waals surface area (Å²) in [5.41, 5.74) is 8.73. The van der Waals surface area contributed by atoms with Gasteiger partial charge >= 0.3 is 0 Å². The van der Waals surface area contributed by atoms with Crippen LogP contribution in [0.4, 0.5) is 0 Å². The van der Waals surface area contributed by atoms with E-state index < -0.39 is 5.54 Å². The first-order chi connectivity index (χ1) is 14.8. The lowest BCUT2D eigenvalue weighted by Crippen LogP contribution is -2.30. The normalized spacial score (nSPS) is 12.6. The minimum absolute atomic E-state index is 0.571. The van der Waals surface area contributed by atoms with Crippen LogP contribution in [0.3, 0.4) is 0 Å². The van der Waals surface area contributed by atoms with E-state index >= 15 is 0 Å². The molecule has 0 aliphatic rings. The average molecular weight is 404 g/mol. The SMILES string of the molecule is [C-]#[N+]C(C)(C)c1ccc2c3nc[n+](C)c4c5c(C)c(C)cc6cccc(c65)n(c2c1)c34. The van der Waals surface area contributed by atoms with E-state index in [-0.39, 0.29) is 0 Å². The largest absolute Gasteiger partial charge is 0.306 e. The molecule has 0 unspecified atom stereocenters. The van der Waals surface area contributed by atoms with Crippen molar-refractivity contribution in [2.75, 3.05) is 0 Å². The summed E-state index contributed by atoms with van der Waals surface area (Å²) in [5, 5.41) is 4.97. The monoisotopic (exact) mass is 403 g/mol. The maximum Gasteiger partial charge on any atom is 0.287 e. The summed E-state index contributed by atoms with van der Waals surface area (Å²) in [7, 11) is 2.08. The van der Waals surface area contributed by atoms with E-state index in [2.05, 4.69) is 77.2 Å². The van der Waals surface area contributed by atoms with Crippen molar-refractivity contribution in [1.82, 2.24) is 9.38 Å². The smallest absolute Gasteiger partial charge is 0.287 e. The molecule has 0 spiro atoms. The van der Waals surface area contributed by atoms with Crippen molar-refractivity contribution in [2.24, 2.45) is 7.05 Å². The van der Waals surface area contributed by atoms with Gasteiger partial charge in [-0.1, -0.05) is 24.3 Å². The van der Waals surface area contributed by atoms with Crippen LogP contribution in [0, 0.1) is 20.4 Å². The fourth-order valence-electron chi connectivity index (χ4n) is 5.14. The van der Waals surface area contributed by atoms with Crippen molar-refractivity contribution in [3.63, 3.8) is 0 Å². The predicted octanol–water partition coefficient (Wildman–Crippen LogP) is 5.98. The Morgan fingerprint density at radius 3 is 2.61 bits per heavy atom. The second-order valence-electron chi connectivity index (χ2n) is 9.21. The van der Waals surface area contributed by atoms with Crippen molar-refractivity contribution in [3.05, 3.63) is 76.9 Å². The third-order valence-corrected chi connectivity index (χ3v) is 7.01. The molecule has 3 aromatic carbocycles. The van der Waals surface area contributed by atoms with Crippen LogP contribution in [0.5, 0.6) is 0 Å². The number of hydrogen-bond acceptors (Lipinski definition) is 1. The second kappa shape index (κ2) is 5.70. The van der Waals surface area contributed by atoms with Crippen molar-refractivity contribution >= 4 is 49.1 Å². The first-order valence-electron chi connectivity index (χ1n) is 10.6. The van der Waals surface area contributed by atoms with Crippen LogP contribution in [0.15, 0.2) is 48.8 Å². The van der Waals surface area contributed by atoms with Crippen LogP contribution >= 0.6 is 0 Å². The molecule has 0 aliphatic carbocycles. The van der Waals surface area contributed by atoms with Gasteiger partial charge in [-0.2, -0.15) is 0 Å². The van der Waals surface area contributed by atoms with Gasteiger partial charge in [-0.15, -0.1) is 0 Å². The Morgan fingerprint density at radius 2 is 1.84 bits per heavy atom. The average Bonchev–Trinajstić information content (AvgIpc) is 3.09. The van der Waals surface area contributed by atoms with Gasteiger partial charge in [0.1, 0.15) is 5.52 Å². The maximum atomic E-state index is 7.67. The lowest BCUT2D eigenvalue weighted by atomic mass is 9.94. The van der Waals surface area contributed by atoms with Gasteiger partial charge in [-0.05, 0) is 53.5 Å². The van der Waals surface area contributed by atoms with Crippen LogP contribution in [0.2, 0.25) is 0 Å². The van der Waals surface area contributed by atoms with Gasteiger partial charge in [0, 0.05) is 30.2 Å². The number of aryl methyl sites for hydroxylation is 3. The third-order valence-electron chi connectivity index (χ3n) is 7.01. The van der Waals surface area contributed by atoms with Crippen LogP contribution < -0.4 is 4.57 Å². The molecule has 4 heteroatoms. The number of aromatic nitrogens is 3. The number of pyridine rings is 1. The van der Waals surface area contributed by atoms with E-state index in [9.17, 15) is 0 Å². The molecule has 150 valence electrons. The topological polar surface area (TPSA) is 25.5 Å². The summed E-state index contributed by atoms with van der Waals surface area (Å²) in [6, 6.07) is 15.3. The summed E-state index contributed by atoms with van der Waals surface area (Å²) < 4.78 is 4.51. The number of fused-ring (bicyclic) bond motifs is 5.